The highest BCUT2D eigenvalue weighted by atomic mass is 16.5. The Balaban J connectivity index is 1.43. The lowest BCUT2D eigenvalue weighted by atomic mass is 9.97. The van der Waals surface area contributed by atoms with Gasteiger partial charge >= 0.3 is 0 Å². The predicted molar refractivity (Wildman–Crippen MR) is 93.8 cm³/mol. The van der Waals surface area contributed by atoms with Gasteiger partial charge < -0.3 is 15.2 Å². The zero-order chi connectivity index (χ0) is 17.1. The van der Waals surface area contributed by atoms with Crippen LogP contribution in [0.4, 0.5) is 5.82 Å². The Labute approximate surface area is 145 Å². The number of benzene rings is 1. The maximum atomic E-state index is 5.63. The molecule has 0 bridgehead atoms. The number of hydrogen-bond acceptors (Lipinski definition) is 7. The van der Waals surface area contributed by atoms with E-state index in [-0.39, 0.29) is 5.92 Å². The van der Waals surface area contributed by atoms with Crippen LogP contribution in [0.15, 0.2) is 47.4 Å². The second kappa shape index (κ2) is 6.98. The molecular formula is C18H20N6O. The Bertz CT molecular complexity index is 809. The van der Waals surface area contributed by atoms with E-state index < -0.39 is 0 Å². The number of aromatic nitrogens is 4. The first-order valence-corrected chi connectivity index (χ1v) is 8.47. The molecule has 7 heteroatoms. The van der Waals surface area contributed by atoms with Crippen LogP contribution in [0.2, 0.25) is 0 Å². The number of piperidine rings is 1. The maximum Gasteiger partial charge on any atom is 0.230 e. The number of hydrogen-bond donors (Lipinski definition) is 1. The molecular weight excluding hydrogens is 316 g/mol. The van der Waals surface area contributed by atoms with Crippen molar-refractivity contribution in [2.75, 3.05) is 18.0 Å². The van der Waals surface area contributed by atoms with Crippen molar-refractivity contribution in [3.05, 3.63) is 54.3 Å². The quantitative estimate of drug-likeness (QED) is 0.781. The fourth-order valence-electron chi connectivity index (χ4n) is 3.12. The molecule has 0 saturated carbocycles. The minimum absolute atomic E-state index is 0.289. The summed E-state index contributed by atoms with van der Waals surface area (Å²) in [5.74, 6) is 2.57. The van der Waals surface area contributed by atoms with Crippen LogP contribution in [-0.2, 0) is 6.54 Å². The third-order valence-corrected chi connectivity index (χ3v) is 4.61. The molecule has 7 nitrogen and oxygen atoms in total. The van der Waals surface area contributed by atoms with Crippen molar-refractivity contribution in [3.63, 3.8) is 0 Å². The highest BCUT2D eigenvalue weighted by Crippen LogP contribution is 2.30. The summed E-state index contributed by atoms with van der Waals surface area (Å²) in [5, 5.41) is 4.14. The van der Waals surface area contributed by atoms with Crippen molar-refractivity contribution >= 4 is 5.82 Å². The van der Waals surface area contributed by atoms with E-state index in [1.807, 2.05) is 24.3 Å². The summed E-state index contributed by atoms with van der Waals surface area (Å²) in [5.41, 5.74) is 7.67. The molecule has 1 aliphatic rings. The predicted octanol–water partition coefficient (Wildman–Crippen LogP) is 2.37. The van der Waals surface area contributed by atoms with Gasteiger partial charge in [-0.05, 0) is 18.4 Å². The molecule has 0 amide bonds. The fraction of sp³-hybridized carbons (Fsp3) is 0.333. The van der Waals surface area contributed by atoms with Crippen LogP contribution < -0.4 is 10.6 Å². The Morgan fingerprint density at radius 2 is 1.92 bits per heavy atom. The van der Waals surface area contributed by atoms with Crippen molar-refractivity contribution in [3.8, 4) is 11.4 Å². The molecule has 3 heterocycles. The topological polar surface area (TPSA) is 94.0 Å². The SMILES string of the molecule is NCc1ccc(-c2noc(C3CCN(c4cnccn4)CC3)n2)cc1. The molecule has 1 aliphatic heterocycles. The van der Waals surface area contributed by atoms with E-state index in [9.17, 15) is 0 Å². The van der Waals surface area contributed by atoms with E-state index >= 15 is 0 Å². The van der Waals surface area contributed by atoms with Gasteiger partial charge in [0.15, 0.2) is 0 Å². The van der Waals surface area contributed by atoms with Crippen molar-refractivity contribution in [1.82, 2.24) is 20.1 Å². The number of nitrogens with zero attached hydrogens (tertiary/aromatic N) is 5. The lowest BCUT2D eigenvalue weighted by Crippen LogP contribution is -2.33. The normalized spacial score (nSPS) is 15.5. The van der Waals surface area contributed by atoms with Gasteiger partial charge in [-0.2, -0.15) is 4.98 Å². The van der Waals surface area contributed by atoms with Gasteiger partial charge in [-0.25, -0.2) is 4.98 Å². The summed E-state index contributed by atoms with van der Waals surface area (Å²) >= 11 is 0. The van der Waals surface area contributed by atoms with E-state index in [0.717, 1.165) is 48.8 Å². The van der Waals surface area contributed by atoms with Crippen LogP contribution in [0.1, 0.15) is 30.2 Å². The summed E-state index contributed by atoms with van der Waals surface area (Å²) in [6.45, 7) is 2.35. The molecule has 0 aliphatic carbocycles. The van der Waals surface area contributed by atoms with Gasteiger partial charge in [-0.15, -0.1) is 0 Å². The Morgan fingerprint density at radius 1 is 1.12 bits per heavy atom. The molecule has 128 valence electrons. The van der Waals surface area contributed by atoms with Crippen molar-refractivity contribution in [2.45, 2.75) is 25.3 Å². The molecule has 2 aromatic heterocycles. The smallest absolute Gasteiger partial charge is 0.230 e. The fourth-order valence-corrected chi connectivity index (χ4v) is 3.12. The highest BCUT2D eigenvalue weighted by molar-refractivity contribution is 5.54. The van der Waals surface area contributed by atoms with Crippen molar-refractivity contribution < 1.29 is 4.52 Å². The van der Waals surface area contributed by atoms with Gasteiger partial charge in [-0.1, -0.05) is 29.4 Å². The van der Waals surface area contributed by atoms with Gasteiger partial charge in [0.05, 0.1) is 6.20 Å². The van der Waals surface area contributed by atoms with Gasteiger partial charge in [0, 0.05) is 43.5 Å². The first kappa shape index (κ1) is 15.7. The maximum absolute atomic E-state index is 5.63. The Kier molecular flexibility index (Phi) is 4.39. The molecule has 4 rings (SSSR count). The molecule has 25 heavy (non-hydrogen) atoms. The number of nitrogens with two attached hydrogens (primary N) is 1. The zero-order valence-electron chi connectivity index (χ0n) is 13.9. The molecule has 1 aromatic carbocycles. The summed E-state index contributed by atoms with van der Waals surface area (Å²) in [6, 6.07) is 7.94. The number of anilines is 1. The van der Waals surface area contributed by atoms with E-state index in [0.29, 0.717) is 12.4 Å². The van der Waals surface area contributed by atoms with Crippen LogP contribution in [0.3, 0.4) is 0 Å². The highest BCUT2D eigenvalue weighted by Gasteiger charge is 2.26. The van der Waals surface area contributed by atoms with E-state index in [4.69, 9.17) is 10.3 Å². The van der Waals surface area contributed by atoms with E-state index in [1.54, 1.807) is 18.6 Å². The number of rotatable bonds is 4. The third-order valence-electron chi connectivity index (χ3n) is 4.61. The zero-order valence-corrected chi connectivity index (χ0v) is 13.9. The summed E-state index contributed by atoms with van der Waals surface area (Å²) in [7, 11) is 0. The molecule has 1 saturated heterocycles. The largest absolute Gasteiger partial charge is 0.355 e. The first-order valence-electron chi connectivity index (χ1n) is 8.47. The lowest BCUT2D eigenvalue weighted by Gasteiger charge is -2.30. The first-order chi connectivity index (χ1) is 12.3. The van der Waals surface area contributed by atoms with Crippen LogP contribution in [0, 0.1) is 0 Å². The molecule has 0 spiro atoms. The lowest BCUT2D eigenvalue weighted by molar-refractivity contribution is 0.329. The molecule has 1 fully saturated rings. The standard InChI is InChI=1S/C18H20N6O/c19-11-13-1-3-14(4-2-13)17-22-18(25-23-17)15-5-9-24(10-6-15)16-12-20-7-8-21-16/h1-4,7-8,12,15H,5-6,9-11,19H2. The van der Waals surface area contributed by atoms with Crippen molar-refractivity contribution in [2.24, 2.45) is 5.73 Å². The third kappa shape index (κ3) is 3.36. The van der Waals surface area contributed by atoms with Crippen LogP contribution in [0.25, 0.3) is 11.4 Å². The minimum atomic E-state index is 0.289. The van der Waals surface area contributed by atoms with Crippen molar-refractivity contribution in [1.29, 1.82) is 0 Å². The Morgan fingerprint density at radius 3 is 2.60 bits per heavy atom. The molecule has 0 atom stereocenters. The molecule has 0 radical (unpaired) electrons. The van der Waals surface area contributed by atoms with Crippen LogP contribution >= 0.6 is 0 Å². The Hall–Kier alpha value is -2.80. The average Bonchev–Trinajstić information content (AvgIpc) is 3.19. The van der Waals surface area contributed by atoms with Crippen LogP contribution in [0.5, 0.6) is 0 Å². The second-order valence-electron chi connectivity index (χ2n) is 6.18. The van der Waals surface area contributed by atoms with E-state index in [1.165, 1.54) is 0 Å². The van der Waals surface area contributed by atoms with E-state index in [2.05, 4.69) is 25.0 Å². The molecule has 3 aromatic rings. The average molecular weight is 336 g/mol. The molecule has 0 unspecified atom stereocenters. The summed E-state index contributed by atoms with van der Waals surface area (Å²) in [4.78, 5) is 15.3. The summed E-state index contributed by atoms with van der Waals surface area (Å²) < 4.78 is 5.52. The monoisotopic (exact) mass is 336 g/mol. The van der Waals surface area contributed by atoms with Gasteiger partial charge in [0.2, 0.25) is 11.7 Å². The molecule has 2 N–H and O–H groups in total. The van der Waals surface area contributed by atoms with Crippen LogP contribution in [-0.4, -0.2) is 33.2 Å². The summed E-state index contributed by atoms with van der Waals surface area (Å²) in [6.07, 6.45) is 7.14. The second-order valence-corrected chi connectivity index (χ2v) is 6.18. The van der Waals surface area contributed by atoms with Gasteiger partial charge in [0.1, 0.15) is 5.82 Å². The minimum Gasteiger partial charge on any atom is -0.355 e. The van der Waals surface area contributed by atoms with Gasteiger partial charge in [0.25, 0.3) is 0 Å². The van der Waals surface area contributed by atoms with Gasteiger partial charge in [-0.3, -0.25) is 4.98 Å².